The fraction of sp³-hybridized carbons (Fsp3) is 0.120. The first-order valence-electron chi connectivity index (χ1n) is 9.55. The smallest absolute Gasteiger partial charge is 0.255 e. The maximum absolute atomic E-state index is 12.3. The molecule has 0 unspecified atom stereocenters. The summed E-state index contributed by atoms with van der Waals surface area (Å²) in [4.78, 5) is 24.5. The van der Waals surface area contributed by atoms with E-state index >= 15 is 0 Å². The number of hydrogen-bond acceptors (Lipinski definition) is 3. The Balaban J connectivity index is 1.46. The largest absolute Gasteiger partial charge is 0.481 e. The highest BCUT2D eigenvalue weighted by Crippen LogP contribution is 2.13. The summed E-state index contributed by atoms with van der Waals surface area (Å²) in [5, 5.41) is 5.71. The molecule has 0 aliphatic heterocycles. The third kappa shape index (κ3) is 5.98. The van der Waals surface area contributed by atoms with E-state index in [4.69, 9.17) is 11.2 Å². The summed E-state index contributed by atoms with van der Waals surface area (Å²) in [6.45, 7) is 0.750. The van der Waals surface area contributed by atoms with Crippen LogP contribution in [-0.2, 0) is 6.42 Å². The molecule has 0 aliphatic carbocycles. The Kier molecular flexibility index (Phi) is 7.23. The zero-order valence-electron chi connectivity index (χ0n) is 16.4. The number of rotatable bonds is 8. The highest BCUT2D eigenvalue weighted by atomic mass is 16.5. The van der Waals surface area contributed by atoms with E-state index in [0.717, 1.165) is 11.3 Å². The minimum atomic E-state index is -0.191. The predicted molar refractivity (Wildman–Crippen MR) is 118 cm³/mol. The molecule has 3 aromatic carbocycles. The zero-order chi connectivity index (χ0) is 21.2. The topological polar surface area (TPSA) is 67.4 Å². The Morgan fingerprint density at radius 2 is 1.50 bits per heavy atom. The number of ether oxygens (including phenoxy) is 1. The summed E-state index contributed by atoms with van der Waals surface area (Å²) in [7, 11) is 0. The Bertz CT molecular complexity index is 1020. The first-order chi connectivity index (χ1) is 14.7. The van der Waals surface area contributed by atoms with E-state index < -0.39 is 0 Å². The number of carbonyl (C=O) groups excluding carboxylic acids is 2. The Labute approximate surface area is 176 Å². The molecule has 2 N–H and O–H groups in total. The van der Waals surface area contributed by atoms with Crippen molar-refractivity contribution in [3.63, 3.8) is 0 Å². The molecule has 150 valence electrons. The Hall–Kier alpha value is -4.04. The predicted octanol–water partition coefficient (Wildman–Crippen LogP) is 3.92. The number of anilines is 1. The summed E-state index contributed by atoms with van der Waals surface area (Å²) in [5.74, 6) is 2.79. The molecular formula is C25H22N2O3. The van der Waals surface area contributed by atoms with Gasteiger partial charge >= 0.3 is 0 Å². The molecule has 5 heteroatoms. The van der Waals surface area contributed by atoms with Crippen molar-refractivity contribution in [3.8, 4) is 18.1 Å². The van der Waals surface area contributed by atoms with Gasteiger partial charge in [-0.2, -0.15) is 0 Å². The van der Waals surface area contributed by atoms with Crippen molar-refractivity contribution < 1.29 is 14.3 Å². The second-order valence-corrected chi connectivity index (χ2v) is 6.54. The van der Waals surface area contributed by atoms with Crippen LogP contribution in [0.15, 0.2) is 78.9 Å². The number of hydrogen-bond donors (Lipinski definition) is 2. The van der Waals surface area contributed by atoms with E-state index in [9.17, 15) is 9.59 Å². The van der Waals surface area contributed by atoms with Crippen molar-refractivity contribution in [3.05, 3.63) is 95.6 Å². The molecule has 5 nitrogen and oxygen atoms in total. The minimum absolute atomic E-state index is 0.162. The minimum Gasteiger partial charge on any atom is -0.481 e. The second kappa shape index (κ2) is 10.5. The van der Waals surface area contributed by atoms with E-state index in [1.54, 1.807) is 36.4 Å². The van der Waals surface area contributed by atoms with Gasteiger partial charge in [0.05, 0.1) is 0 Å². The highest BCUT2D eigenvalue weighted by Gasteiger charge is 2.08. The number of benzene rings is 3. The highest BCUT2D eigenvalue weighted by molar-refractivity contribution is 6.04. The zero-order valence-corrected chi connectivity index (χ0v) is 16.4. The third-order valence-electron chi connectivity index (χ3n) is 4.39. The van der Waals surface area contributed by atoms with E-state index in [1.165, 1.54) is 0 Å². The van der Waals surface area contributed by atoms with Crippen LogP contribution in [0.25, 0.3) is 0 Å². The summed E-state index contributed by atoms with van der Waals surface area (Å²) < 4.78 is 5.34. The van der Waals surface area contributed by atoms with Crippen LogP contribution in [0.3, 0.4) is 0 Å². The molecule has 0 atom stereocenters. The van der Waals surface area contributed by atoms with Gasteiger partial charge in [0.1, 0.15) is 12.4 Å². The fourth-order valence-electron chi connectivity index (χ4n) is 2.80. The molecular weight excluding hydrogens is 376 g/mol. The molecule has 0 radical (unpaired) electrons. The number of carbonyl (C=O) groups is 2. The molecule has 3 rings (SSSR count). The number of terminal acetylenes is 1. The number of nitrogens with one attached hydrogen (secondary N) is 2. The standard InChI is InChI=1S/C25H22N2O3/c1-2-18-30-23-14-8-19(9-15-23)16-17-26-24(28)21-10-12-22(13-11-21)27-25(29)20-6-4-3-5-7-20/h1,3-15H,16-18H2,(H,26,28)(H,27,29). The van der Waals surface area contributed by atoms with Crippen LogP contribution >= 0.6 is 0 Å². The summed E-state index contributed by atoms with van der Waals surface area (Å²) in [6, 6.07) is 23.4. The van der Waals surface area contributed by atoms with Crippen molar-refractivity contribution in [2.24, 2.45) is 0 Å². The lowest BCUT2D eigenvalue weighted by atomic mass is 10.1. The normalized spacial score (nSPS) is 9.97. The van der Waals surface area contributed by atoms with Gasteiger partial charge < -0.3 is 15.4 Å². The van der Waals surface area contributed by atoms with Crippen molar-refractivity contribution in [2.75, 3.05) is 18.5 Å². The molecule has 3 aromatic rings. The van der Waals surface area contributed by atoms with E-state index in [0.29, 0.717) is 29.8 Å². The molecule has 30 heavy (non-hydrogen) atoms. The maximum Gasteiger partial charge on any atom is 0.255 e. The molecule has 0 heterocycles. The quantitative estimate of drug-likeness (QED) is 0.565. The van der Waals surface area contributed by atoms with Crippen LogP contribution < -0.4 is 15.4 Å². The van der Waals surface area contributed by atoms with Gasteiger partial charge in [-0.1, -0.05) is 36.3 Å². The first kappa shape index (κ1) is 20.7. The molecule has 0 aliphatic rings. The van der Waals surface area contributed by atoms with E-state index in [1.807, 2.05) is 42.5 Å². The summed E-state index contributed by atoms with van der Waals surface area (Å²) in [5.41, 5.74) is 2.83. The molecule has 0 spiro atoms. The average molecular weight is 398 g/mol. The van der Waals surface area contributed by atoms with E-state index in [2.05, 4.69) is 16.6 Å². The Morgan fingerprint density at radius 1 is 0.833 bits per heavy atom. The van der Waals surface area contributed by atoms with Crippen molar-refractivity contribution in [1.29, 1.82) is 0 Å². The lowest BCUT2D eigenvalue weighted by molar-refractivity contribution is 0.0953. The van der Waals surface area contributed by atoms with Gasteiger partial charge in [0.2, 0.25) is 0 Å². The molecule has 0 saturated heterocycles. The van der Waals surface area contributed by atoms with Crippen molar-refractivity contribution >= 4 is 17.5 Å². The lowest BCUT2D eigenvalue weighted by Gasteiger charge is -2.08. The molecule has 0 bridgehead atoms. The monoisotopic (exact) mass is 398 g/mol. The van der Waals surface area contributed by atoms with Gasteiger partial charge in [-0.05, 0) is 60.5 Å². The van der Waals surface area contributed by atoms with Crippen LogP contribution in [-0.4, -0.2) is 25.0 Å². The number of amides is 2. The van der Waals surface area contributed by atoms with Crippen LogP contribution in [0.5, 0.6) is 5.75 Å². The molecule has 0 aromatic heterocycles. The van der Waals surface area contributed by atoms with Gasteiger partial charge in [-0.3, -0.25) is 9.59 Å². The second-order valence-electron chi connectivity index (χ2n) is 6.54. The van der Waals surface area contributed by atoms with Crippen LogP contribution in [0.2, 0.25) is 0 Å². The lowest BCUT2D eigenvalue weighted by Crippen LogP contribution is -2.25. The van der Waals surface area contributed by atoms with Crippen molar-refractivity contribution in [2.45, 2.75) is 6.42 Å². The van der Waals surface area contributed by atoms with Crippen LogP contribution in [0.1, 0.15) is 26.3 Å². The summed E-state index contributed by atoms with van der Waals surface area (Å²) in [6.07, 6.45) is 5.87. The third-order valence-corrected chi connectivity index (χ3v) is 4.39. The van der Waals surface area contributed by atoms with Crippen molar-refractivity contribution in [1.82, 2.24) is 5.32 Å². The van der Waals surface area contributed by atoms with Gasteiger partial charge in [-0.25, -0.2) is 0 Å². The first-order valence-corrected chi connectivity index (χ1v) is 9.55. The van der Waals surface area contributed by atoms with Crippen LogP contribution in [0, 0.1) is 12.3 Å². The average Bonchev–Trinajstić information content (AvgIpc) is 2.79. The van der Waals surface area contributed by atoms with Gasteiger partial charge in [0.25, 0.3) is 11.8 Å². The van der Waals surface area contributed by atoms with Gasteiger partial charge in [0.15, 0.2) is 0 Å². The fourth-order valence-corrected chi connectivity index (χ4v) is 2.80. The SMILES string of the molecule is C#CCOc1ccc(CCNC(=O)c2ccc(NC(=O)c3ccccc3)cc2)cc1. The molecule has 2 amide bonds. The molecule has 0 saturated carbocycles. The van der Waals surface area contributed by atoms with Crippen LogP contribution in [0.4, 0.5) is 5.69 Å². The maximum atomic E-state index is 12.3. The van der Waals surface area contributed by atoms with Gasteiger partial charge in [-0.15, -0.1) is 6.42 Å². The Morgan fingerprint density at radius 3 is 2.17 bits per heavy atom. The molecule has 0 fully saturated rings. The summed E-state index contributed by atoms with van der Waals surface area (Å²) >= 11 is 0. The van der Waals surface area contributed by atoms with E-state index in [-0.39, 0.29) is 18.4 Å². The van der Waals surface area contributed by atoms with Gasteiger partial charge in [0, 0.05) is 23.4 Å².